The van der Waals surface area contributed by atoms with E-state index < -0.39 is 0 Å². The van der Waals surface area contributed by atoms with E-state index in [1.165, 1.54) is 0 Å². The molecule has 0 fully saturated rings. The fraction of sp³-hybridized carbons (Fsp3) is 0.214. The van der Waals surface area contributed by atoms with Crippen molar-refractivity contribution in [3.63, 3.8) is 0 Å². The van der Waals surface area contributed by atoms with E-state index in [2.05, 4.69) is 15.6 Å². The van der Waals surface area contributed by atoms with E-state index in [0.717, 1.165) is 29.2 Å². The third-order valence-corrected chi connectivity index (χ3v) is 2.92. The van der Waals surface area contributed by atoms with Gasteiger partial charge in [-0.15, -0.1) is 0 Å². The molecule has 92 valence electrons. The molecule has 4 nitrogen and oxygen atoms in total. The molecule has 0 radical (unpaired) electrons. The Hall–Kier alpha value is -2.07. The van der Waals surface area contributed by atoms with Crippen LogP contribution in [0.3, 0.4) is 0 Å². The summed E-state index contributed by atoms with van der Waals surface area (Å²) in [5.74, 6) is 1.63. The van der Waals surface area contributed by atoms with Crippen molar-refractivity contribution in [3.05, 3.63) is 42.7 Å². The lowest BCUT2D eigenvalue weighted by Crippen LogP contribution is -2.05. The van der Waals surface area contributed by atoms with Gasteiger partial charge in [-0.2, -0.15) is 0 Å². The second kappa shape index (κ2) is 4.66. The van der Waals surface area contributed by atoms with Crippen LogP contribution in [0.25, 0.3) is 22.6 Å². The highest BCUT2D eigenvalue weighted by Crippen LogP contribution is 2.24. The van der Waals surface area contributed by atoms with Gasteiger partial charge in [0.2, 0.25) is 0 Å². The van der Waals surface area contributed by atoms with Crippen LogP contribution >= 0.6 is 0 Å². The normalized spacial score (nSPS) is 11.2. The molecule has 0 atom stereocenters. The number of rotatable bonds is 4. The number of imidazole rings is 1. The number of hydrogen-bond donors (Lipinski definition) is 0. The van der Waals surface area contributed by atoms with Crippen molar-refractivity contribution in [2.45, 2.75) is 6.54 Å². The van der Waals surface area contributed by atoms with Gasteiger partial charge >= 0.3 is 0 Å². The van der Waals surface area contributed by atoms with Gasteiger partial charge < -0.3 is 13.7 Å². The molecule has 0 spiro atoms. The zero-order valence-corrected chi connectivity index (χ0v) is 10.2. The van der Waals surface area contributed by atoms with Crippen LogP contribution in [0, 0.1) is 0 Å². The van der Waals surface area contributed by atoms with E-state index in [1.807, 2.05) is 30.3 Å². The Morgan fingerprint density at radius 3 is 2.89 bits per heavy atom. The lowest BCUT2D eigenvalue weighted by molar-refractivity contribution is 0.188. The van der Waals surface area contributed by atoms with Crippen molar-refractivity contribution >= 4 is 11.0 Å². The molecule has 2 aromatic heterocycles. The topological polar surface area (TPSA) is 40.2 Å². The van der Waals surface area contributed by atoms with Gasteiger partial charge in [-0.25, -0.2) is 4.98 Å². The first-order valence-corrected chi connectivity index (χ1v) is 5.88. The summed E-state index contributed by atoms with van der Waals surface area (Å²) in [6, 6.07) is 11.9. The molecular weight excluding hydrogens is 228 g/mol. The smallest absolute Gasteiger partial charge is 0.177 e. The third kappa shape index (κ3) is 1.80. The van der Waals surface area contributed by atoms with Gasteiger partial charge in [0.15, 0.2) is 11.6 Å². The Morgan fingerprint density at radius 1 is 1.22 bits per heavy atom. The lowest BCUT2D eigenvalue weighted by atomic mass is 10.3. The van der Waals surface area contributed by atoms with E-state index in [1.54, 1.807) is 13.4 Å². The van der Waals surface area contributed by atoms with E-state index in [-0.39, 0.29) is 0 Å². The molecule has 2 heterocycles. The molecule has 1 aromatic carbocycles. The van der Waals surface area contributed by atoms with Gasteiger partial charge in [0, 0.05) is 13.7 Å². The van der Waals surface area contributed by atoms with Gasteiger partial charge in [-0.05, 0) is 24.3 Å². The summed E-state index contributed by atoms with van der Waals surface area (Å²) in [5, 5.41) is 0. The molecule has 0 saturated carbocycles. The zero-order valence-electron chi connectivity index (χ0n) is 10.2. The van der Waals surface area contributed by atoms with Crippen molar-refractivity contribution in [1.29, 1.82) is 0 Å². The maximum atomic E-state index is 5.45. The Bertz CT molecular complexity index is 641. The van der Waals surface area contributed by atoms with Gasteiger partial charge in [0.1, 0.15) is 0 Å². The molecule has 0 aliphatic heterocycles. The fourth-order valence-corrected chi connectivity index (χ4v) is 2.08. The molecule has 4 heteroatoms. The molecule has 18 heavy (non-hydrogen) atoms. The van der Waals surface area contributed by atoms with Crippen molar-refractivity contribution in [2.75, 3.05) is 13.7 Å². The Kier molecular flexibility index (Phi) is 2.86. The molecule has 0 unspecified atom stereocenters. The van der Waals surface area contributed by atoms with Crippen LogP contribution in [0.5, 0.6) is 0 Å². The van der Waals surface area contributed by atoms with Crippen molar-refractivity contribution < 1.29 is 9.15 Å². The van der Waals surface area contributed by atoms with Crippen LogP contribution in [-0.2, 0) is 11.3 Å². The molecule has 3 rings (SSSR count). The van der Waals surface area contributed by atoms with E-state index in [0.29, 0.717) is 6.61 Å². The van der Waals surface area contributed by atoms with Crippen molar-refractivity contribution in [1.82, 2.24) is 9.55 Å². The molecule has 0 aliphatic carbocycles. The number of para-hydroxylation sites is 2. The highest BCUT2D eigenvalue weighted by Gasteiger charge is 2.13. The molecule has 0 amide bonds. The van der Waals surface area contributed by atoms with Gasteiger partial charge in [0.25, 0.3) is 0 Å². The number of benzene rings is 1. The van der Waals surface area contributed by atoms with Crippen molar-refractivity contribution in [3.8, 4) is 11.6 Å². The van der Waals surface area contributed by atoms with Gasteiger partial charge in [-0.3, -0.25) is 0 Å². The molecule has 0 aliphatic rings. The second-order valence-electron chi connectivity index (χ2n) is 4.05. The molecule has 0 bridgehead atoms. The van der Waals surface area contributed by atoms with Crippen LogP contribution in [0.1, 0.15) is 0 Å². The first-order chi connectivity index (χ1) is 8.90. The molecule has 0 N–H and O–H groups in total. The largest absolute Gasteiger partial charge is 0.461 e. The van der Waals surface area contributed by atoms with Crippen LogP contribution in [-0.4, -0.2) is 23.3 Å². The SMILES string of the molecule is COCCn1c(-c2ccco2)nc2ccccc21. The first-order valence-electron chi connectivity index (χ1n) is 5.88. The summed E-state index contributed by atoms with van der Waals surface area (Å²) in [6.45, 7) is 1.40. The lowest BCUT2D eigenvalue weighted by Gasteiger charge is -2.06. The number of aromatic nitrogens is 2. The second-order valence-corrected chi connectivity index (χ2v) is 4.05. The van der Waals surface area contributed by atoms with E-state index >= 15 is 0 Å². The average molecular weight is 242 g/mol. The number of ether oxygens (including phenoxy) is 1. The number of hydrogen-bond acceptors (Lipinski definition) is 3. The molecule has 0 saturated heterocycles. The standard InChI is InChI=1S/C14H14N2O2/c1-17-10-8-16-12-6-3-2-5-11(12)15-14(16)13-7-4-9-18-13/h2-7,9H,8,10H2,1H3. The molecule has 3 aromatic rings. The predicted molar refractivity (Wildman–Crippen MR) is 69.3 cm³/mol. The Morgan fingerprint density at radius 2 is 2.11 bits per heavy atom. The maximum Gasteiger partial charge on any atom is 0.177 e. The maximum absolute atomic E-state index is 5.45. The molecular formula is C14H14N2O2. The van der Waals surface area contributed by atoms with E-state index in [9.17, 15) is 0 Å². The monoisotopic (exact) mass is 242 g/mol. The highest BCUT2D eigenvalue weighted by atomic mass is 16.5. The Balaban J connectivity index is 2.17. The van der Waals surface area contributed by atoms with Crippen LogP contribution in [0.4, 0.5) is 0 Å². The zero-order chi connectivity index (χ0) is 12.4. The van der Waals surface area contributed by atoms with Gasteiger partial charge in [0.05, 0.1) is 23.9 Å². The van der Waals surface area contributed by atoms with E-state index in [4.69, 9.17) is 9.15 Å². The average Bonchev–Trinajstić information content (AvgIpc) is 3.03. The number of furan rings is 1. The summed E-state index contributed by atoms with van der Waals surface area (Å²) in [4.78, 5) is 4.62. The fourth-order valence-electron chi connectivity index (χ4n) is 2.08. The quantitative estimate of drug-likeness (QED) is 0.706. The highest BCUT2D eigenvalue weighted by molar-refractivity contribution is 5.79. The summed E-state index contributed by atoms with van der Waals surface area (Å²) >= 11 is 0. The van der Waals surface area contributed by atoms with Crippen molar-refractivity contribution in [2.24, 2.45) is 0 Å². The summed E-state index contributed by atoms with van der Waals surface area (Å²) in [6.07, 6.45) is 1.66. The van der Waals surface area contributed by atoms with Gasteiger partial charge in [-0.1, -0.05) is 12.1 Å². The van der Waals surface area contributed by atoms with Crippen LogP contribution < -0.4 is 0 Å². The number of nitrogens with zero attached hydrogens (tertiary/aromatic N) is 2. The summed E-state index contributed by atoms with van der Waals surface area (Å²) in [5.41, 5.74) is 2.07. The predicted octanol–water partition coefficient (Wildman–Crippen LogP) is 2.94. The number of methoxy groups -OCH3 is 1. The minimum atomic E-state index is 0.647. The minimum absolute atomic E-state index is 0.647. The summed E-state index contributed by atoms with van der Waals surface area (Å²) < 4.78 is 12.7. The van der Waals surface area contributed by atoms with Crippen LogP contribution in [0.15, 0.2) is 47.1 Å². The Labute approximate surface area is 105 Å². The first kappa shape index (κ1) is 11.0. The minimum Gasteiger partial charge on any atom is -0.461 e. The summed E-state index contributed by atoms with van der Waals surface area (Å²) in [7, 11) is 1.70. The third-order valence-electron chi connectivity index (χ3n) is 2.92. The number of fused-ring (bicyclic) bond motifs is 1. The van der Waals surface area contributed by atoms with Crippen LogP contribution in [0.2, 0.25) is 0 Å².